The lowest BCUT2D eigenvalue weighted by Gasteiger charge is -2.14. The monoisotopic (exact) mass is 299 g/mol. The van der Waals surface area contributed by atoms with Crippen molar-refractivity contribution in [1.82, 2.24) is 20.2 Å². The molecule has 1 unspecified atom stereocenters. The Morgan fingerprint density at radius 1 is 1.45 bits per heavy atom. The van der Waals surface area contributed by atoms with Crippen molar-refractivity contribution in [3.05, 3.63) is 30.1 Å². The standard InChI is InChI=1S/C15H17N5O2/c1-2-20-7-10(6-13(20)21)19-15(22)9-3-4-11-12(5-9)17-8-18-14(11)16/h3-5,8,10H,2,6-7H2,1H3,(H,19,22)(H2,16,17,18). The number of benzene rings is 1. The number of fused-ring (bicyclic) bond motifs is 1. The maximum Gasteiger partial charge on any atom is 0.251 e. The number of nitrogens with one attached hydrogen (secondary N) is 1. The lowest BCUT2D eigenvalue weighted by Crippen LogP contribution is -2.37. The van der Waals surface area contributed by atoms with Crippen LogP contribution in [0.5, 0.6) is 0 Å². The van der Waals surface area contributed by atoms with E-state index in [2.05, 4.69) is 15.3 Å². The minimum Gasteiger partial charge on any atom is -0.383 e. The summed E-state index contributed by atoms with van der Waals surface area (Å²) in [5.74, 6) is 0.249. The van der Waals surface area contributed by atoms with Gasteiger partial charge in [0, 0.05) is 30.5 Å². The number of hydrogen-bond acceptors (Lipinski definition) is 5. The Morgan fingerprint density at radius 2 is 2.27 bits per heavy atom. The molecule has 1 atom stereocenters. The summed E-state index contributed by atoms with van der Waals surface area (Å²) in [5, 5.41) is 3.61. The smallest absolute Gasteiger partial charge is 0.251 e. The van der Waals surface area contributed by atoms with Crippen LogP contribution in [-0.2, 0) is 4.79 Å². The molecule has 1 aromatic carbocycles. The Hall–Kier alpha value is -2.70. The highest BCUT2D eigenvalue weighted by Gasteiger charge is 2.29. The van der Waals surface area contributed by atoms with Crippen molar-refractivity contribution in [3.8, 4) is 0 Å². The highest BCUT2D eigenvalue weighted by molar-refractivity contribution is 5.99. The molecular weight excluding hydrogens is 282 g/mol. The van der Waals surface area contributed by atoms with Crippen LogP contribution in [0.1, 0.15) is 23.7 Å². The molecule has 2 amide bonds. The minimum atomic E-state index is -0.213. The van der Waals surface area contributed by atoms with Crippen LogP contribution in [0.3, 0.4) is 0 Å². The molecule has 2 heterocycles. The third-order valence-electron chi connectivity index (χ3n) is 3.86. The molecule has 2 aromatic rings. The number of carbonyl (C=O) groups excluding carboxylic acids is 2. The van der Waals surface area contributed by atoms with Gasteiger partial charge in [0.25, 0.3) is 5.91 Å². The van der Waals surface area contributed by atoms with E-state index in [0.29, 0.717) is 41.8 Å². The summed E-state index contributed by atoms with van der Waals surface area (Å²) in [6, 6.07) is 4.95. The molecule has 0 spiro atoms. The van der Waals surface area contributed by atoms with Gasteiger partial charge in [0.1, 0.15) is 12.1 Å². The minimum absolute atomic E-state index is 0.0758. The maximum absolute atomic E-state index is 12.3. The summed E-state index contributed by atoms with van der Waals surface area (Å²) in [6.45, 7) is 3.15. The summed E-state index contributed by atoms with van der Waals surface area (Å²) in [6.07, 6.45) is 1.72. The van der Waals surface area contributed by atoms with Gasteiger partial charge in [0.15, 0.2) is 0 Å². The van der Waals surface area contributed by atoms with E-state index in [4.69, 9.17) is 5.73 Å². The van der Waals surface area contributed by atoms with Gasteiger partial charge in [-0.1, -0.05) is 0 Å². The molecular formula is C15H17N5O2. The van der Waals surface area contributed by atoms with Gasteiger partial charge in [-0.2, -0.15) is 0 Å². The first-order valence-corrected chi connectivity index (χ1v) is 7.17. The van der Waals surface area contributed by atoms with E-state index >= 15 is 0 Å². The SMILES string of the molecule is CCN1CC(NC(=O)c2ccc3c(N)ncnc3c2)CC1=O. The normalized spacial score (nSPS) is 18.0. The van der Waals surface area contributed by atoms with Crippen molar-refractivity contribution in [2.45, 2.75) is 19.4 Å². The van der Waals surface area contributed by atoms with Crippen molar-refractivity contribution in [2.24, 2.45) is 0 Å². The first-order chi connectivity index (χ1) is 10.6. The fourth-order valence-electron chi connectivity index (χ4n) is 2.66. The highest BCUT2D eigenvalue weighted by atomic mass is 16.2. The summed E-state index contributed by atoms with van der Waals surface area (Å²) < 4.78 is 0. The Kier molecular flexibility index (Phi) is 3.62. The Bertz CT molecular complexity index is 746. The number of nitrogen functional groups attached to an aromatic ring is 1. The predicted molar refractivity (Wildman–Crippen MR) is 82.1 cm³/mol. The van der Waals surface area contributed by atoms with Gasteiger partial charge < -0.3 is 16.0 Å². The fraction of sp³-hybridized carbons (Fsp3) is 0.333. The van der Waals surface area contributed by atoms with E-state index in [0.717, 1.165) is 0 Å². The maximum atomic E-state index is 12.3. The predicted octanol–water partition coefficient (Wildman–Crippen LogP) is 0.563. The van der Waals surface area contributed by atoms with Crippen molar-refractivity contribution in [1.29, 1.82) is 0 Å². The number of amides is 2. The van der Waals surface area contributed by atoms with Gasteiger partial charge in [0.2, 0.25) is 5.91 Å². The van der Waals surface area contributed by atoms with E-state index in [9.17, 15) is 9.59 Å². The zero-order chi connectivity index (χ0) is 15.7. The van der Waals surface area contributed by atoms with Crippen LogP contribution < -0.4 is 11.1 Å². The average molecular weight is 299 g/mol. The lowest BCUT2D eigenvalue weighted by atomic mass is 10.1. The molecule has 22 heavy (non-hydrogen) atoms. The third-order valence-corrected chi connectivity index (χ3v) is 3.86. The van der Waals surface area contributed by atoms with Gasteiger partial charge in [-0.15, -0.1) is 0 Å². The Labute approximate surface area is 127 Å². The number of aromatic nitrogens is 2. The van der Waals surface area contributed by atoms with Crippen LogP contribution in [0.2, 0.25) is 0 Å². The number of anilines is 1. The second-order valence-corrected chi connectivity index (χ2v) is 5.30. The second-order valence-electron chi connectivity index (χ2n) is 5.30. The summed E-state index contributed by atoms with van der Waals surface area (Å²) in [4.78, 5) is 33.8. The Morgan fingerprint density at radius 3 is 3.00 bits per heavy atom. The van der Waals surface area contributed by atoms with E-state index < -0.39 is 0 Å². The zero-order valence-electron chi connectivity index (χ0n) is 12.2. The Balaban J connectivity index is 1.77. The number of rotatable bonds is 3. The number of carbonyl (C=O) groups is 2. The summed E-state index contributed by atoms with van der Waals surface area (Å²) in [7, 11) is 0. The summed E-state index contributed by atoms with van der Waals surface area (Å²) >= 11 is 0. The van der Waals surface area contributed by atoms with Crippen molar-refractivity contribution < 1.29 is 9.59 Å². The quantitative estimate of drug-likeness (QED) is 0.862. The largest absolute Gasteiger partial charge is 0.383 e. The number of likely N-dealkylation sites (N-methyl/N-ethyl adjacent to an activating group) is 1. The van der Waals surface area contributed by atoms with Gasteiger partial charge in [-0.3, -0.25) is 9.59 Å². The summed E-state index contributed by atoms with van der Waals surface area (Å²) in [5.41, 5.74) is 6.88. The number of hydrogen-bond donors (Lipinski definition) is 2. The van der Waals surface area contributed by atoms with Gasteiger partial charge >= 0.3 is 0 Å². The second kappa shape index (κ2) is 5.59. The molecule has 7 heteroatoms. The number of likely N-dealkylation sites (tertiary alicyclic amines) is 1. The molecule has 0 bridgehead atoms. The molecule has 1 saturated heterocycles. The van der Waals surface area contributed by atoms with Crippen molar-refractivity contribution in [2.75, 3.05) is 18.8 Å². The van der Waals surface area contributed by atoms with Crippen molar-refractivity contribution in [3.63, 3.8) is 0 Å². The average Bonchev–Trinajstić information content (AvgIpc) is 2.86. The number of nitrogens with zero attached hydrogens (tertiary/aromatic N) is 3. The van der Waals surface area contributed by atoms with E-state index in [1.165, 1.54) is 6.33 Å². The van der Waals surface area contributed by atoms with E-state index in [1.54, 1.807) is 23.1 Å². The van der Waals surface area contributed by atoms with Crippen LogP contribution in [-0.4, -0.2) is 45.8 Å². The molecule has 7 nitrogen and oxygen atoms in total. The lowest BCUT2D eigenvalue weighted by molar-refractivity contribution is -0.127. The molecule has 0 aliphatic carbocycles. The molecule has 0 radical (unpaired) electrons. The van der Waals surface area contributed by atoms with Crippen LogP contribution in [0.15, 0.2) is 24.5 Å². The van der Waals surface area contributed by atoms with Crippen LogP contribution >= 0.6 is 0 Å². The molecule has 3 N–H and O–H groups in total. The van der Waals surface area contributed by atoms with Gasteiger partial charge in [-0.25, -0.2) is 9.97 Å². The van der Waals surface area contributed by atoms with Gasteiger partial charge in [-0.05, 0) is 25.1 Å². The first-order valence-electron chi connectivity index (χ1n) is 7.17. The topological polar surface area (TPSA) is 101 Å². The highest BCUT2D eigenvalue weighted by Crippen LogP contribution is 2.18. The van der Waals surface area contributed by atoms with Crippen LogP contribution in [0.4, 0.5) is 5.82 Å². The zero-order valence-corrected chi connectivity index (χ0v) is 12.2. The molecule has 1 fully saturated rings. The molecule has 1 aliphatic heterocycles. The molecule has 1 aromatic heterocycles. The molecule has 1 aliphatic rings. The van der Waals surface area contributed by atoms with Crippen LogP contribution in [0.25, 0.3) is 10.9 Å². The fourth-order valence-corrected chi connectivity index (χ4v) is 2.66. The van der Waals surface area contributed by atoms with E-state index in [-0.39, 0.29) is 17.9 Å². The van der Waals surface area contributed by atoms with Crippen molar-refractivity contribution >= 4 is 28.5 Å². The third kappa shape index (κ3) is 2.57. The molecule has 3 rings (SSSR count). The first kappa shape index (κ1) is 14.2. The molecule has 0 saturated carbocycles. The number of nitrogens with two attached hydrogens (primary N) is 1. The van der Waals surface area contributed by atoms with E-state index in [1.807, 2.05) is 6.92 Å². The van der Waals surface area contributed by atoms with Crippen LogP contribution in [0, 0.1) is 0 Å². The molecule has 114 valence electrons. The van der Waals surface area contributed by atoms with Gasteiger partial charge in [0.05, 0.1) is 11.6 Å².